The summed E-state index contributed by atoms with van der Waals surface area (Å²) >= 11 is 5.83. The van der Waals surface area contributed by atoms with Crippen LogP contribution in [0, 0.1) is 12.8 Å². The average Bonchev–Trinajstić information content (AvgIpc) is 2.16. The number of halogens is 1. The van der Waals surface area contributed by atoms with Crippen LogP contribution in [0.25, 0.3) is 0 Å². The monoisotopic (exact) mass is 225 g/mol. The Hall–Kier alpha value is -0.690. The van der Waals surface area contributed by atoms with Crippen molar-refractivity contribution >= 4 is 17.3 Å². The Morgan fingerprint density at radius 2 is 2.00 bits per heavy atom. The Morgan fingerprint density at radius 1 is 1.33 bits per heavy atom. The van der Waals surface area contributed by atoms with Gasteiger partial charge in [-0.1, -0.05) is 19.9 Å². The van der Waals surface area contributed by atoms with Crippen LogP contribution in [-0.2, 0) is 5.88 Å². The van der Waals surface area contributed by atoms with Crippen molar-refractivity contribution in [3.8, 4) is 0 Å². The standard InChI is InChI=1S/C13H20ClN/c1-10(2)9-15(4)13-6-5-12(8-14)11(3)7-13/h5-7,10H,8-9H2,1-4H3. The fraction of sp³-hybridized carbons (Fsp3) is 0.538. The fourth-order valence-corrected chi connectivity index (χ4v) is 2.02. The number of rotatable bonds is 4. The van der Waals surface area contributed by atoms with Crippen molar-refractivity contribution < 1.29 is 0 Å². The normalized spacial score (nSPS) is 10.8. The van der Waals surface area contributed by atoms with E-state index in [2.05, 4.69) is 50.9 Å². The van der Waals surface area contributed by atoms with Crippen molar-refractivity contribution in [3.05, 3.63) is 29.3 Å². The van der Waals surface area contributed by atoms with E-state index in [9.17, 15) is 0 Å². The van der Waals surface area contributed by atoms with Crippen LogP contribution in [-0.4, -0.2) is 13.6 Å². The minimum absolute atomic E-state index is 0.597. The second-order valence-electron chi connectivity index (χ2n) is 4.52. The molecule has 0 aliphatic rings. The van der Waals surface area contributed by atoms with Crippen LogP contribution in [0.5, 0.6) is 0 Å². The summed E-state index contributed by atoms with van der Waals surface area (Å²) in [5.41, 5.74) is 3.77. The van der Waals surface area contributed by atoms with Gasteiger partial charge in [0, 0.05) is 25.2 Å². The van der Waals surface area contributed by atoms with E-state index in [0.29, 0.717) is 11.8 Å². The molecule has 0 spiro atoms. The van der Waals surface area contributed by atoms with Gasteiger partial charge in [0.1, 0.15) is 0 Å². The van der Waals surface area contributed by atoms with Crippen LogP contribution in [0.3, 0.4) is 0 Å². The van der Waals surface area contributed by atoms with Gasteiger partial charge < -0.3 is 4.90 Å². The number of anilines is 1. The molecule has 1 aromatic carbocycles. The summed E-state index contributed by atoms with van der Waals surface area (Å²) in [6.45, 7) is 7.66. The molecule has 0 saturated heterocycles. The van der Waals surface area contributed by atoms with Crippen molar-refractivity contribution in [3.63, 3.8) is 0 Å². The number of hydrogen-bond donors (Lipinski definition) is 0. The molecular formula is C13H20ClN. The Balaban J connectivity index is 2.82. The van der Waals surface area contributed by atoms with E-state index in [-0.39, 0.29) is 0 Å². The molecule has 0 saturated carbocycles. The first-order chi connectivity index (χ1) is 7.04. The van der Waals surface area contributed by atoms with Crippen LogP contribution >= 0.6 is 11.6 Å². The van der Waals surface area contributed by atoms with Gasteiger partial charge in [0.15, 0.2) is 0 Å². The minimum Gasteiger partial charge on any atom is -0.374 e. The van der Waals surface area contributed by atoms with Crippen molar-refractivity contribution in [2.75, 3.05) is 18.5 Å². The zero-order valence-corrected chi connectivity index (χ0v) is 10.8. The van der Waals surface area contributed by atoms with Crippen molar-refractivity contribution in [1.82, 2.24) is 0 Å². The molecule has 1 rings (SSSR count). The lowest BCUT2D eigenvalue weighted by molar-refractivity contribution is 0.638. The molecule has 2 heteroatoms. The predicted molar refractivity (Wildman–Crippen MR) is 68.8 cm³/mol. The van der Waals surface area contributed by atoms with Gasteiger partial charge in [-0.15, -0.1) is 11.6 Å². The lowest BCUT2D eigenvalue weighted by Gasteiger charge is -2.22. The Bertz CT molecular complexity index is 320. The SMILES string of the molecule is Cc1cc(N(C)CC(C)C)ccc1CCl. The molecule has 0 atom stereocenters. The van der Waals surface area contributed by atoms with E-state index in [1.165, 1.54) is 16.8 Å². The van der Waals surface area contributed by atoms with Crippen LogP contribution in [0.2, 0.25) is 0 Å². The summed E-state index contributed by atoms with van der Waals surface area (Å²) in [7, 11) is 2.13. The molecule has 0 bridgehead atoms. The summed E-state index contributed by atoms with van der Waals surface area (Å²) in [5.74, 6) is 1.28. The van der Waals surface area contributed by atoms with E-state index in [0.717, 1.165) is 6.54 Å². The first-order valence-corrected chi connectivity index (χ1v) is 5.94. The zero-order valence-electron chi connectivity index (χ0n) is 10.0. The smallest absolute Gasteiger partial charge is 0.0476 e. The number of benzene rings is 1. The molecule has 0 heterocycles. The van der Waals surface area contributed by atoms with Crippen LogP contribution < -0.4 is 4.90 Å². The highest BCUT2D eigenvalue weighted by molar-refractivity contribution is 6.17. The summed E-state index contributed by atoms with van der Waals surface area (Å²) in [6.07, 6.45) is 0. The van der Waals surface area contributed by atoms with Gasteiger partial charge >= 0.3 is 0 Å². The van der Waals surface area contributed by atoms with Gasteiger partial charge in [0.2, 0.25) is 0 Å². The summed E-state index contributed by atoms with van der Waals surface area (Å²) in [5, 5.41) is 0. The second kappa shape index (κ2) is 5.41. The third kappa shape index (κ3) is 3.42. The molecule has 0 fully saturated rings. The topological polar surface area (TPSA) is 3.24 Å². The van der Waals surface area contributed by atoms with Crippen LogP contribution in [0.4, 0.5) is 5.69 Å². The first-order valence-electron chi connectivity index (χ1n) is 5.41. The maximum absolute atomic E-state index is 5.83. The third-order valence-corrected chi connectivity index (χ3v) is 2.84. The Kier molecular flexibility index (Phi) is 4.46. The Labute approximate surface area is 98.0 Å². The van der Waals surface area contributed by atoms with E-state index < -0.39 is 0 Å². The quantitative estimate of drug-likeness (QED) is 0.705. The van der Waals surface area contributed by atoms with Gasteiger partial charge in [-0.2, -0.15) is 0 Å². The fourth-order valence-electron chi connectivity index (χ4n) is 1.72. The van der Waals surface area contributed by atoms with Gasteiger partial charge in [0.05, 0.1) is 0 Å². The highest BCUT2D eigenvalue weighted by atomic mass is 35.5. The van der Waals surface area contributed by atoms with E-state index >= 15 is 0 Å². The molecule has 1 nitrogen and oxygen atoms in total. The molecule has 0 unspecified atom stereocenters. The molecule has 0 N–H and O–H groups in total. The van der Waals surface area contributed by atoms with E-state index in [1.807, 2.05) is 0 Å². The van der Waals surface area contributed by atoms with E-state index in [4.69, 9.17) is 11.6 Å². The predicted octanol–water partition coefficient (Wildman–Crippen LogP) is 3.83. The number of nitrogens with zero attached hydrogens (tertiary/aromatic N) is 1. The molecular weight excluding hydrogens is 206 g/mol. The van der Waals surface area contributed by atoms with Crippen LogP contribution in [0.15, 0.2) is 18.2 Å². The minimum atomic E-state index is 0.597. The molecule has 15 heavy (non-hydrogen) atoms. The first kappa shape index (κ1) is 12.4. The molecule has 0 aromatic heterocycles. The summed E-state index contributed by atoms with van der Waals surface area (Å²) in [4.78, 5) is 2.29. The second-order valence-corrected chi connectivity index (χ2v) is 4.79. The third-order valence-electron chi connectivity index (χ3n) is 2.55. The maximum Gasteiger partial charge on any atom is 0.0476 e. The molecule has 84 valence electrons. The zero-order chi connectivity index (χ0) is 11.4. The van der Waals surface area contributed by atoms with Crippen molar-refractivity contribution in [2.24, 2.45) is 5.92 Å². The van der Waals surface area contributed by atoms with Crippen molar-refractivity contribution in [2.45, 2.75) is 26.7 Å². The molecule has 0 aliphatic heterocycles. The number of alkyl halides is 1. The highest BCUT2D eigenvalue weighted by Crippen LogP contribution is 2.20. The summed E-state index contributed by atoms with van der Waals surface area (Å²) < 4.78 is 0. The molecule has 0 radical (unpaired) electrons. The summed E-state index contributed by atoms with van der Waals surface area (Å²) in [6, 6.07) is 6.47. The van der Waals surface area contributed by atoms with Crippen LogP contribution in [0.1, 0.15) is 25.0 Å². The molecule has 0 amide bonds. The number of hydrogen-bond acceptors (Lipinski definition) is 1. The largest absolute Gasteiger partial charge is 0.374 e. The molecule has 1 aromatic rings. The highest BCUT2D eigenvalue weighted by Gasteiger charge is 2.05. The molecule has 0 aliphatic carbocycles. The Morgan fingerprint density at radius 3 is 2.47 bits per heavy atom. The van der Waals surface area contributed by atoms with E-state index in [1.54, 1.807) is 0 Å². The average molecular weight is 226 g/mol. The maximum atomic E-state index is 5.83. The van der Waals surface area contributed by atoms with Gasteiger partial charge in [-0.3, -0.25) is 0 Å². The van der Waals surface area contributed by atoms with Crippen molar-refractivity contribution in [1.29, 1.82) is 0 Å². The number of aryl methyl sites for hydroxylation is 1. The van der Waals surface area contributed by atoms with Gasteiger partial charge in [-0.05, 0) is 36.1 Å². The lowest BCUT2D eigenvalue weighted by Crippen LogP contribution is -2.22. The van der Waals surface area contributed by atoms with Gasteiger partial charge in [0.25, 0.3) is 0 Å². The lowest BCUT2D eigenvalue weighted by atomic mass is 10.1. The van der Waals surface area contributed by atoms with Gasteiger partial charge in [-0.25, -0.2) is 0 Å².